The first-order valence-electron chi connectivity index (χ1n) is 7.10. The monoisotopic (exact) mass is 317 g/mol. The molecule has 0 saturated carbocycles. The number of aliphatic hydroxyl groups is 1. The molecule has 0 bridgehead atoms. The Morgan fingerprint density at radius 2 is 1.22 bits per heavy atom. The van der Waals surface area contributed by atoms with Crippen molar-refractivity contribution in [2.45, 2.75) is 51.4 Å². The molecule has 2 nitrogen and oxygen atoms in total. The van der Waals surface area contributed by atoms with Crippen LogP contribution in [-0.4, -0.2) is 29.8 Å². The molecule has 0 aromatic rings. The van der Waals surface area contributed by atoms with Crippen molar-refractivity contribution in [3.8, 4) is 0 Å². The van der Waals surface area contributed by atoms with E-state index in [1.807, 2.05) is 0 Å². The van der Waals surface area contributed by atoms with Crippen LogP contribution in [0.15, 0.2) is 24.6 Å². The van der Waals surface area contributed by atoms with Gasteiger partial charge in [-0.1, -0.05) is 32.1 Å². The number of unbranched alkanes of at least 4 members (excludes halogenated alkanes) is 7. The van der Waals surface area contributed by atoms with Crippen LogP contribution in [0.5, 0.6) is 0 Å². The summed E-state index contributed by atoms with van der Waals surface area (Å²) in [6.45, 7) is 1.59. The van der Waals surface area contributed by atoms with Crippen molar-refractivity contribution in [3.63, 3.8) is 0 Å². The fourth-order valence-electron chi connectivity index (χ4n) is 2.32. The van der Waals surface area contributed by atoms with Crippen LogP contribution in [0.25, 0.3) is 0 Å². The smallest absolute Gasteiger partial charge is 0.100 e. The summed E-state index contributed by atoms with van der Waals surface area (Å²) in [6, 6.07) is 0. The van der Waals surface area contributed by atoms with Gasteiger partial charge in [0.1, 0.15) is 12.4 Å². The normalized spacial score (nSPS) is 15.9. The minimum atomic E-state index is 0. The Morgan fingerprint density at radius 1 is 0.778 bits per heavy atom. The molecule has 1 rings (SSSR count). The van der Waals surface area contributed by atoms with Gasteiger partial charge in [-0.2, -0.15) is 0 Å². The fraction of sp³-hybridized carbons (Fsp3) is 0.733. The molecule has 0 aromatic carbocycles. The summed E-state index contributed by atoms with van der Waals surface area (Å²) in [6.07, 6.45) is 19.0. The molecule has 0 atom stereocenters. The van der Waals surface area contributed by atoms with E-state index in [4.69, 9.17) is 5.11 Å². The molecule has 0 radical (unpaired) electrons. The summed E-state index contributed by atoms with van der Waals surface area (Å²) in [5.41, 5.74) is 0. The molecule has 1 aliphatic rings. The lowest BCUT2D eigenvalue weighted by Gasteiger charge is -2.22. The van der Waals surface area contributed by atoms with Gasteiger partial charge in [0.2, 0.25) is 0 Å². The Hall–Kier alpha value is -0.120. The number of nitrogens with zero attached hydrogens (tertiary/aromatic N) is 1. The highest BCUT2D eigenvalue weighted by molar-refractivity contribution is 5.03. The first kappa shape index (κ1) is 17.9. The number of quaternary nitrogens is 1. The molecule has 0 saturated heterocycles. The number of rotatable bonds is 10. The Labute approximate surface area is 123 Å². The van der Waals surface area contributed by atoms with Crippen molar-refractivity contribution < 1.29 is 26.6 Å². The summed E-state index contributed by atoms with van der Waals surface area (Å²) < 4.78 is 0.983. The van der Waals surface area contributed by atoms with E-state index in [9.17, 15) is 0 Å². The average Bonchev–Trinajstić information content (AvgIpc) is 2.74. The lowest BCUT2D eigenvalue weighted by Crippen LogP contribution is -3.00. The van der Waals surface area contributed by atoms with Crippen LogP contribution in [0.3, 0.4) is 0 Å². The van der Waals surface area contributed by atoms with Gasteiger partial charge in [-0.25, -0.2) is 0 Å². The highest BCUT2D eigenvalue weighted by atomic mass is 79.9. The minimum Gasteiger partial charge on any atom is -1.00 e. The Bertz CT molecular complexity index is 239. The molecule has 0 amide bonds. The number of aliphatic hydroxyl groups excluding tert-OH is 1. The second kappa shape index (κ2) is 10.8. The van der Waals surface area contributed by atoms with Crippen molar-refractivity contribution in [2.75, 3.05) is 20.2 Å². The Balaban J connectivity index is 0.00000289. The highest BCUT2D eigenvalue weighted by Gasteiger charge is 2.16. The van der Waals surface area contributed by atoms with Crippen LogP contribution < -0.4 is 17.0 Å². The van der Waals surface area contributed by atoms with E-state index in [0.29, 0.717) is 6.61 Å². The molecule has 1 aliphatic heterocycles. The molecule has 106 valence electrons. The van der Waals surface area contributed by atoms with E-state index in [-0.39, 0.29) is 17.0 Å². The van der Waals surface area contributed by atoms with Gasteiger partial charge in [-0.05, 0) is 31.4 Å². The largest absolute Gasteiger partial charge is 1.00 e. The standard InChI is InChI=1S/C15H28NO.BrH/c1-16(13-9-10-14-16)12-8-6-4-2-3-5-7-11-15-17;/h9-10,13-14,17H,2-8,11-12,15H2,1H3;1H/q+1;/p-1. The Morgan fingerprint density at radius 3 is 1.72 bits per heavy atom. The van der Waals surface area contributed by atoms with Crippen LogP contribution in [0.1, 0.15) is 51.4 Å². The number of hydrogen-bond acceptors (Lipinski definition) is 1. The van der Waals surface area contributed by atoms with Crippen LogP contribution in [0.4, 0.5) is 0 Å². The zero-order chi connectivity index (χ0) is 12.4. The maximum atomic E-state index is 8.65. The van der Waals surface area contributed by atoms with Crippen molar-refractivity contribution in [3.05, 3.63) is 24.6 Å². The molecule has 0 unspecified atom stereocenters. The lowest BCUT2D eigenvalue weighted by atomic mass is 10.1. The maximum Gasteiger partial charge on any atom is 0.100 e. The van der Waals surface area contributed by atoms with Gasteiger partial charge >= 0.3 is 0 Å². The second-order valence-corrected chi connectivity index (χ2v) is 5.31. The first-order valence-corrected chi connectivity index (χ1v) is 7.10. The number of hydrogen-bond donors (Lipinski definition) is 1. The van der Waals surface area contributed by atoms with Crippen LogP contribution in [0, 0.1) is 0 Å². The first-order chi connectivity index (χ1) is 8.27. The van der Waals surface area contributed by atoms with Crippen molar-refractivity contribution in [2.24, 2.45) is 0 Å². The highest BCUT2D eigenvalue weighted by Crippen LogP contribution is 2.15. The second-order valence-electron chi connectivity index (χ2n) is 5.31. The molecule has 1 N–H and O–H groups in total. The summed E-state index contributed by atoms with van der Waals surface area (Å²) in [5, 5.41) is 8.65. The van der Waals surface area contributed by atoms with Crippen LogP contribution >= 0.6 is 0 Å². The van der Waals surface area contributed by atoms with E-state index in [2.05, 4.69) is 31.6 Å². The van der Waals surface area contributed by atoms with E-state index >= 15 is 0 Å². The van der Waals surface area contributed by atoms with Gasteiger partial charge in [-0.3, -0.25) is 4.48 Å². The molecule has 1 heterocycles. The third-order valence-corrected chi connectivity index (χ3v) is 3.51. The zero-order valence-electron chi connectivity index (χ0n) is 11.7. The van der Waals surface area contributed by atoms with E-state index in [1.54, 1.807) is 0 Å². The quantitative estimate of drug-likeness (QED) is 0.462. The van der Waals surface area contributed by atoms with Crippen molar-refractivity contribution in [1.82, 2.24) is 0 Å². The zero-order valence-corrected chi connectivity index (χ0v) is 13.2. The predicted molar refractivity (Wildman–Crippen MR) is 73.4 cm³/mol. The SMILES string of the molecule is C[N+]1(CCCCCCCCCCO)C=CC=C1.[Br-]. The number of halogens is 1. The van der Waals surface area contributed by atoms with Gasteiger partial charge in [0.25, 0.3) is 0 Å². The topological polar surface area (TPSA) is 20.2 Å². The van der Waals surface area contributed by atoms with E-state index in [0.717, 1.165) is 10.9 Å². The summed E-state index contributed by atoms with van der Waals surface area (Å²) in [7, 11) is 2.26. The molecule has 0 aromatic heterocycles. The van der Waals surface area contributed by atoms with E-state index in [1.165, 1.54) is 51.5 Å². The van der Waals surface area contributed by atoms with Crippen molar-refractivity contribution >= 4 is 0 Å². The van der Waals surface area contributed by atoms with Gasteiger partial charge in [0.15, 0.2) is 0 Å². The van der Waals surface area contributed by atoms with Crippen LogP contribution in [0.2, 0.25) is 0 Å². The lowest BCUT2D eigenvalue weighted by molar-refractivity contribution is -0.804. The third kappa shape index (κ3) is 8.06. The summed E-state index contributed by atoms with van der Waals surface area (Å²) in [4.78, 5) is 0. The summed E-state index contributed by atoms with van der Waals surface area (Å²) in [5.74, 6) is 0. The van der Waals surface area contributed by atoms with Gasteiger partial charge in [-0.15, -0.1) is 0 Å². The molecular weight excluding hydrogens is 290 g/mol. The van der Waals surface area contributed by atoms with Crippen molar-refractivity contribution in [1.29, 1.82) is 0 Å². The molecule has 18 heavy (non-hydrogen) atoms. The fourth-order valence-corrected chi connectivity index (χ4v) is 2.32. The average molecular weight is 318 g/mol. The molecule has 3 heteroatoms. The molecule has 0 spiro atoms. The van der Waals surface area contributed by atoms with Gasteiger partial charge < -0.3 is 22.1 Å². The molecule has 0 aliphatic carbocycles. The van der Waals surface area contributed by atoms with Gasteiger partial charge in [0, 0.05) is 6.61 Å². The van der Waals surface area contributed by atoms with Gasteiger partial charge in [0.05, 0.1) is 13.6 Å². The third-order valence-electron chi connectivity index (χ3n) is 3.51. The van der Waals surface area contributed by atoms with Crippen LogP contribution in [-0.2, 0) is 0 Å². The Kier molecular flexibility index (Phi) is 10.7. The summed E-state index contributed by atoms with van der Waals surface area (Å²) >= 11 is 0. The molecular formula is C15H28BrNO. The predicted octanol–water partition coefficient (Wildman–Crippen LogP) is 0.591. The van der Waals surface area contributed by atoms with E-state index < -0.39 is 0 Å². The maximum absolute atomic E-state index is 8.65. The molecule has 0 fully saturated rings. The minimum absolute atomic E-state index is 0. The number of allylic oxidation sites excluding steroid dienone is 2.